The predicted octanol–water partition coefficient (Wildman–Crippen LogP) is 1.91. The minimum Gasteiger partial charge on any atom is -0.497 e. The lowest BCUT2D eigenvalue weighted by atomic mass is 10.1. The van der Waals surface area contributed by atoms with E-state index in [1.807, 2.05) is 24.3 Å². The zero-order valence-corrected chi connectivity index (χ0v) is 12.3. The summed E-state index contributed by atoms with van der Waals surface area (Å²) >= 11 is 0. The normalized spacial score (nSPS) is 10.6. The molecule has 0 saturated carbocycles. The molecule has 0 aliphatic rings. The average molecular weight is 292 g/mol. The van der Waals surface area contributed by atoms with Crippen LogP contribution >= 0.6 is 0 Å². The maximum Gasteiger partial charge on any atom is 0.162 e. The van der Waals surface area contributed by atoms with E-state index in [4.69, 9.17) is 24.5 Å². The number of benzene rings is 1. The summed E-state index contributed by atoms with van der Waals surface area (Å²) in [7, 11) is 3.24. The van der Waals surface area contributed by atoms with Crippen LogP contribution in [0.25, 0.3) is 0 Å². The van der Waals surface area contributed by atoms with E-state index in [9.17, 15) is 0 Å². The molecule has 0 aliphatic carbocycles. The highest BCUT2D eigenvalue weighted by molar-refractivity contribution is 5.40. The SMILES string of the molecule is COCc1cc(COc2ccc(OC)cc2CCN)no1. The molecule has 0 amide bonds. The van der Waals surface area contributed by atoms with Gasteiger partial charge in [-0.3, -0.25) is 0 Å². The van der Waals surface area contributed by atoms with E-state index in [0.717, 1.165) is 29.2 Å². The largest absolute Gasteiger partial charge is 0.497 e. The van der Waals surface area contributed by atoms with Crippen LogP contribution in [0.3, 0.4) is 0 Å². The molecule has 0 aliphatic heterocycles. The molecule has 0 bridgehead atoms. The van der Waals surface area contributed by atoms with E-state index in [2.05, 4.69) is 5.16 Å². The Morgan fingerprint density at radius 1 is 1.19 bits per heavy atom. The Hall–Kier alpha value is -2.05. The van der Waals surface area contributed by atoms with Gasteiger partial charge < -0.3 is 24.5 Å². The molecule has 114 valence electrons. The summed E-state index contributed by atoms with van der Waals surface area (Å²) < 4.78 is 21.1. The monoisotopic (exact) mass is 292 g/mol. The second kappa shape index (κ2) is 7.66. The van der Waals surface area contributed by atoms with Crippen molar-refractivity contribution in [2.45, 2.75) is 19.6 Å². The van der Waals surface area contributed by atoms with Crippen LogP contribution in [0, 0.1) is 0 Å². The Bertz CT molecular complexity index is 569. The summed E-state index contributed by atoms with van der Waals surface area (Å²) in [6, 6.07) is 7.48. The fraction of sp³-hybridized carbons (Fsp3) is 0.400. The lowest BCUT2D eigenvalue weighted by molar-refractivity contribution is 0.155. The topological polar surface area (TPSA) is 79.7 Å². The lowest BCUT2D eigenvalue weighted by Crippen LogP contribution is -2.06. The first-order valence-electron chi connectivity index (χ1n) is 6.70. The molecule has 2 aromatic rings. The van der Waals surface area contributed by atoms with E-state index < -0.39 is 0 Å². The van der Waals surface area contributed by atoms with Gasteiger partial charge in [0.2, 0.25) is 0 Å². The summed E-state index contributed by atoms with van der Waals surface area (Å²) in [4.78, 5) is 0. The number of rotatable bonds is 8. The molecule has 0 unspecified atom stereocenters. The van der Waals surface area contributed by atoms with E-state index in [1.165, 1.54) is 0 Å². The van der Waals surface area contributed by atoms with Gasteiger partial charge in [-0.1, -0.05) is 5.16 Å². The quantitative estimate of drug-likeness (QED) is 0.800. The van der Waals surface area contributed by atoms with E-state index >= 15 is 0 Å². The zero-order valence-electron chi connectivity index (χ0n) is 12.3. The van der Waals surface area contributed by atoms with Gasteiger partial charge in [0, 0.05) is 13.2 Å². The molecular formula is C15H20N2O4. The van der Waals surface area contributed by atoms with Crippen molar-refractivity contribution in [1.29, 1.82) is 0 Å². The lowest BCUT2D eigenvalue weighted by Gasteiger charge is -2.11. The maximum absolute atomic E-state index is 5.79. The van der Waals surface area contributed by atoms with Gasteiger partial charge in [-0.15, -0.1) is 0 Å². The number of hydrogen-bond acceptors (Lipinski definition) is 6. The summed E-state index contributed by atoms with van der Waals surface area (Å²) in [5.41, 5.74) is 7.36. The third-order valence-electron chi connectivity index (χ3n) is 2.95. The third kappa shape index (κ3) is 4.21. The summed E-state index contributed by atoms with van der Waals surface area (Å²) in [5, 5.41) is 3.93. The van der Waals surface area contributed by atoms with Gasteiger partial charge in [0.25, 0.3) is 0 Å². The fourth-order valence-corrected chi connectivity index (χ4v) is 1.96. The van der Waals surface area contributed by atoms with E-state index in [-0.39, 0.29) is 0 Å². The summed E-state index contributed by atoms with van der Waals surface area (Å²) in [5.74, 6) is 2.24. The van der Waals surface area contributed by atoms with Gasteiger partial charge in [-0.25, -0.2) is 0 Å². The van der Waals surface area contributed by atoms with Gasteiger partial charge in [0.05, 0.1) is 7.11 Å². The summed E-state index contributed by atoms with van der Waals surface area (Å²) in [6.45, 7) is 1.27. The standard InChI is InChI=1S/C15H20N2O4/c1-18-10-14-8-12(17-21-14)9-20-15-4-3-13(19-2)7-11(15)5-6-16/h3-4,7-8H,5-6,9-10,16H2,1-2H3. The minimum absolute atomic E-state index is 0.330. The highest BCUT2D eigenvalue weighted by Crippen LogP contribution is 2.25. The molecule has 2 N–H and O–H groups in total. The molecule has 0 radical (unpaired) electrons. The van der Waals surface area contributed by atoms with Crippen molar-refractivity contribution in [3.63, 3.8) is 0 Å². The summed E-state index contributed by atoms with van der Waals surface area (Å²) in [6.07, 6.45) is 0.722. The Balaban J connectivity index is 2.04. The maximum atomic E-state index is 5.79. The highest BCUT2D eigenvalue weighted by Gasteiger charge is 2.08. The second-order valence-electron chi connectivity index (χ2n) is 4.52. The fourth-order valence-electron chi connectivity index (χ4n) is 1.96. The van der Waals surface area contributed by atoms with Crippen LogP contribution in [0.15, 0.2) is 28.8 Å². The zero-order chi connectivity index (χ0) is 15.1. The Kier molecular flexibility index (Phi) is 5.59. The first-order chi connectivity index (χ1) is 10.3. The van der Waals surface area contributed by atoms with Crippen molar-refractivity contribution in [2.75, 3.05) is 20.8 Å². The van der Waals surface area contributed by atoms with Crippen molar-refractivity contribution in [3.8, 4) is 11.5 Å². The van der Waals surface area contributed by atoms with Crippen LogP contribution < -0.4 is 15.2 Å². The Labute approximate surface area is 123 Å². The Morgan fingerprint density at radius 2 is 2.05 bits per heavy atom. The van der Waals surface area contributed by atoms with Crippen LogP contribution in [0.2, 0.25) is 0 Å². The van der Waals surface area contributed by atoms with Gasteiger partial charge in [-0.05, 0) is 36.7 Å². The first-order valence-corrected chi connectivity index (χ1v) is 6.70. The molecule has 0 saturated heterocycles. The van der Waals surface area contributed by atoms with Crippen LogP contribution in [0.4, 0.5) is 0 Å². The molecule has 1 aromatic heterocycles. The van der Waals surface area contributed by atoms with Gasteiger partial charge in [0.1, 0.15) is 30.4 Å². The molecule has 1 aromatic carbocycles. The van der Waals surface area contributed by atoms with Gasteiger partial charge >= 0.3 is 0 Å². The molecular weight excluding hydrogens is 272 g/mol. The first kappa shape index (κ1) is 15.3. The number of hydrogen-bond donors (Lipinski definition) is 1. The Morgan fingerprint density at radius 3 is 2.76 bits per heavy atom. The molecule has 6 nitrogen and oxygen atoms in total. The number of nitrogens with zero attached hydrogens (tertiary/aromatic N) is 1. The average Bonchev–Trinajstić information content (AvgIpc) is 2.94. The molecule has 2 rings (SSSR count). The van der Waals surface area contributed by atoms with Gasteiger partial charge in [0.15, 0.2) is 5.76 Å². The smallest absolute Gasteiger partial charge is 0.162 e. The minimum atomic E-state index is 0.330. The number of methoxy groups -OCH3 is 2. The molecule has 0 atom stereocenters. The van der Waals surface area contributed by atoms with Crippen molar-refractivity contribution >= 4 is 0 Å². The van der Waals surface area contributed by atoms with Gasteiger partial charge in [-0.2, -0.15) is 0 Å². The van der Waals surface area contributed by atoms with E-state index in [0.29, 0.717) is 25.5 Å². The molecule has 0 spiro atoms. The molecule has 0 fully saturated rings. The predicted molar refractivity (Wildman–Crippen MR) is 77.3 cm³/mol. The van der Waals surface area contributed by atoms with Crippen molar-refractivity contribution < 1.29 is 18.7 Å². The molecule has 6 heteroatoms. The van der Waals surface area contributed by atoms with Crippen LogP contribution in [0.5, 0.6) is 11.5 Å². The molecule has 21 heavy (non-hydrogen) atoms. The second-order valence-corrected chi connectivity index (χ2v) is 4.52. The highest BCUT2D eigenvalue weighted by atomic mass is 16.5. The third-order valence-corrected chi connectivity index (χ3v) is 2.95. The van der Waals surface area contributed by atoms with E-state index in [1.54, 1.807) is 14.2 Å². The van der Waals surface area contributed by atoms with Crippen molar-refractivity contribution in [1.82, 2.24) is 5.16 Å². The van der Waals surface area contributed by atoms with Crippen molar-refractivity contribution in [2.24, 2.45) is 5.73 Å². The number of aromatic nitrogens is 1. The van der Waals surface area contributed by atoms with Crippen molar-refractivity contribution in [3.05, 3.63) is 41.3 Å². The molecule has 1 heterocycles. The van der Waals surface area contributed by atoms with Crippen LogP contribution in [-0.4, -0.2) is 25.9 Å². The number of nitrogens with two attached hydrogens (primary N) is 1. The van der Waals surface area contributed by atoms with Crippen LogP contribution in [0.1, 0.15) is 17.0 Å². The number of ether oxygens (including phenoxy) is 3. The van der Waals surface area contributed by atoms with Crippen LogP contribution in [-0.2, 0) is 24.4 Å².